The maximum Gasteiger partial charge on any atom is 0.245 e. The molecular formula is C16H21N5O. The van der Waals surface area contributed by atoms with Crippen LogP contribution in [0.5, 0.6) is 5.75 Å². The van der Waals surface area contributed by atoms with Crippen LogP contribution < -0.4 is 9.64 Å². The number of tetrazole rings is 1. The van der Waals surface area contributed by atoms with Gasteiger partial charge in [-0.2, -0.15) is 0 Å². The second kappa shape index (κ2) is 4.69. The van der Waals surface area contributed by atoms with Crippen LogP contribution in [0.2, 0.25) is 0 Å². The summed E-state index contributed by atoms with van der Waals surface area (Å²) in [5, 5.41) is 12.3. The summed E-state index contributed by atoms with van der Waals surface area (Å²) >= 11 is 0. The third-order valence-electron chi connectivity index (χ3n) is 5.41. The fraction of sp³-hybridized carbons (Fsp3) is 0.562. The average Bonchev–Trinajstić information content (AvgIpc) is 2.97. The van der Waals surface area contributed by atoms with Crippen LogP contribution in [0, 0.1) is 17.3 Å². The Morgan fingerprint density at radius 3 is 2.50 bits per heavy atom. The van der Waals surface area contributed by atoms with Crippen molar-refractivity contribution < 1.29 is 4.74 Å². The molecule has 22 heavy (non-hydrogen) atoms. The molecule has 0 spiro atoms. The number of anilines is 1. The summed E-state index contributed by atoms with van der Waals surface area (Å²) in [5.74, 6) is 3.33. The Balaban J connectivity index is 1.49. The first-order chi connectivity index (χ1) is 10.6. The summed E-state index contributed by atoms with van der Waals surface area (Å²) in [6.45, 7) is 7.54. The lowest BCUT2D eigenvalue weighted by molar-refractivity contribution is 0.414. The molecule has 0 radical (unpaired) electrons. The molecule has 2 fully saturated rings. The molecule has 116 valence electrons. The highest BCUT2D eigenvalue weighted by Crippen LogP contribution is 2.62. The van der Waals surface area contributed by atoms with Gasteiger partial charge in [0.05, 0.1) is 13.7 Å². The van der Waals surface area contributed by atoms with Gasteiger partial charge in [0.15, 0.2) is 0 Å². The Labute approximate surface area is 130 Å². The molecule has 1 saturated heterocycles. The molecule has 1 aromatic heterocycles. The number of methoxy groups -OCH3 is 1. The van der Waals surface area contributed by atoms with E-state index in [0.29, 0.717) is 12.0 Å². The number of fused-ring (bicyclic) bond motifs is 1. The fourth-order valence-corrected chi connectivity index (χ4v) is 3.73. The van der Waals surface area contributed by atoms with Gasteiger partial charge < -0.3 is 9.64 Å². The SMILES string of the molecule is COc1ccc(Cn2nnnc2N2CC3C(C2)C3(C)C)cc1. The highest BCUT2D eigenvalue weighted by molar-refractivity contribution is 5.37. The van der Waals surface area contributed by atoms with Crippen LogP contribution in [0.15, 0.2) is 24.3 Å². The first-order valence-corrected chi connectivity index (χ1v) is 7.73. The van der Waals surface area contributed by atoms with Crippen molar-refractivity contribution >= 4 is 5.95 Å². The van der Waals surface area contributed by atoms with Crippen molar-refractivity contribution in [3.8, 4) is 5.75 Å². The molecule has 1 saturated carbocycles. The zero-order chi connectivity index (χ0) is 15.3. The summed E-state index contributed by atoms with van der Waals surface area (Å²) in [4.78, 5) is 2.32. The number of hydrogen-bond acceptors (Lipinski definition) is 5. The maximum absolute atomic E-state index is 5.19. The largest absolute Gasteiger partial charge is 0.497 e. The van der Waals surface area contributed by atoms with E-state index in [0.717, 1.165) is 36.6 Å². The summed E-state index contributed by atoms with van der Waals surface area (Å²) < 4.78 is 7.08. The zero-order valence-electron chi connectivity index (χ0n) is 13.2. The van der Waals surface area contributed by atoms with E-state index < -0.39 is 0 Å². The van der Waals surface area contributed by atoms with Crippen molar-refractivity contribution in [3.63, 3.8) is 0 Å². The number of rotatable bonds is 4. The molecular weight excluding hydrogens is 278 g/mol. The van der Waals surface area contributed by atoms with E-state index >= 15 is 0 Å². The van der Waals surface area contributed by atoms with Crippen molar-refractivity contribution in [2.75, 3.05) is 25.1 Å². The van der Waals surface area contributed by atoms with Gasteiger partial charge in [-0.15, -0.1) is 0 Å². The van der Waals surface area contributed by atoms with E-state index in [4.69, 9.17) is 4.74 Å². The van der Waals surface area contributed by atoms with Gasteiger partial charge in [-0.25, -0.2) is 4.68 Å². The standard InChI is InChI=1S/C16H21N5O/c1-16(2)13-9-20(10-14(13)16)15-17-18-19-21(15)8-11-4-6-12(22-3)7-5-11/h4-7,13-14H,8-10H2,1-3H3. The minimum atomic E-state index is 0.505. The molecule has 2 unspecified atom stereocenters. The third-order valence-corrected chi connectivity index (χ3v) is 5.41. The van der Waals surface area contributed by atoms with Gasteiger partial charge in [0, 0.05) is 13.1 Å². The van der Waals surface area contributed by atoms with Gasteiger partial charge in [-0.3, -0.25) is 0 Å². The lowest BCUT2D eigenvalue weighted by atomic mass is 10.1. The lowest BCUT2D eigenvalue weighted by Gasteiger charge is -2.22. The van der Waals surface area contributed by atoms with Crippen molar-refractivity contribution in [2.45, 2.75) is 20.4 Å². The maximum atomic E-state index is 5.19. The Bertz CT molecular complexity index is 664. The quantitative estimate of drug-likeness (QED) is 0.862. The predicted octanol–water partition coefficient (Wildman–Crippen LogP) is 1.82. The van der Waals surface area contributed by atoms with Crippen molar-refractivity contribution in [1.82, 2.24) is 20.2 Å². The second-order valence-corrected chi connectivity index (χ2v) is 6.92. The van der Waals surface area contributed by atoms with Gasteiger partial charge in [0.1, 0.15) is 5.75 Å². The molecule has 0 bridgehead atoms. The predicted molar refractivity (Wildman–Crippen MR) is 82.9 cm³/mol. The number of benzene rings is 1. The molecule has 2 aliphatic rings. The molecule has 4 rings (SSSR count). The fourth-order valence-electron chi connectivity index (χ4n) is 3.73. The van der Waals surface area contributed by atoms with Crippen LogP contribution in [-0.2, 0) is 6.54 Å². The normalized spacial score (nSPS) is 25.1. The topological polar surface area (TPSA) is 56.1 Å². The lowest BCUT2D eigenvalue weighted by Crippen LogP contribution is -2.29. The Hall–Kier alpha value is -2.11. The minimum Gasteiger partial charge on any atom is -0.497 e. The Morgan fingerprint density at radius 1 is 1.18 bits per heavy atom. The van der Waals surface area contributed by atoms with Gasteiger partial charge >= 0.3 is 0 Å². The number of piperidine rings is 1. The van der Waals surface area contributed by atoms with E-state index in [1.54, 1.807) is 7.11 Å². The Kier molecular flexibility index (Phi) is 2.89. The van der Waals surface area contributed by atoms with Gasteiger partial charge in [0.2, 0.25) is 5.95 Å². The summed E-state index contributed by atoms with van der Waals surface area (Å²) in [6.07, 6.45) is 0. The summed E-state index contributed by atoms with van der Waals surface area (Å²) in [7, 11) is 1.68. The van der Waals surface area contributed by atoms with E-state index in [1.165, 1.54) is 5.56 Å². The highest BCUT2D eigenvalue weighted by Gasteiger charge is 2.62. The van der Waals surface area contributed by atoms with Crippen LogP contribution in [0.3, 0.4) is 0 Å². The minimum absolute atomic E-state index is 0.505. The van der Waals surface area contributed by atoms with Crippen molar-refractivity contribution in [2.24, 2.45) is 17.3 Å². The van der Waals surface area contributed by atoms with Crippen molar-refractivity contribution in [3.05, 3.63) is 29.8 Å². The summed E-state index contributed by atoms with van der Waals surface area (Å²) in [5.41, 5.74) is 1.67. The number of nitrogens with zero attached hydrogens (tertiary/aromatic N) is 5. The first-order valence-electron chi connectivity index (χ1n) is 7.73. The van der Waals surface area contributed by atoms with Gasteiger partial charge in [-0.1, -0.05) is 31.1 Å². The van der Waals surface area contributed by atoms with Crippen LogP contribution in [0.4, 0.5) is 5.95 Å². The molecule has 0 amide bonds. The van der Waals surface area contributed by atoms with E-state index in [1.807, 2.05) is 16.8 Å². The molecule has 1 aliphatic heterocycles. The molecule has 1 aromatic carbocycles. The number of aromatic nitrogens is 4. The zero-order valence-corrected chi connectivity index (χ0v) is 13.2. The van der Waals surface area contributed by atoms with Crippen LogP contribution >= 0.6 is 0 Å². The molecule has 6 heteroatoms. The first kappa shape index (κ1) is 13.5. The molecule has 1 aliphatic carbocycles. The second-order valence-electron chi connectivity index (χ2n) is 6.92. The van der Waals surface area contributed by atoms with Gasteiger partial charge in [-0.05, 0) is 45.4 Å². The van der Waals surface area contributed by atoms with Crippen LogP contribution in [0.1, 0.15) is 19.4 Å². The van der Waals surface area contributed by atoms with Crippen LogP contribution in [0.25, 0.3) is 0 Å². The summed E-state index contributed by atoms with van der Waals surface area (Å²) in [6, 6.07) is 8.03. The third kappa shape index (κ3) is 2.05. The number of hydrogen-bond donors (Lipinski definition) is 0. The molecule has 0 N–H and O–H groups in total. The smallest absolute Gasteiger partial charge is 0.245 e. The molecule has 2 atom stereocenters. The Morgan fingerprint density at radius 2 is 1.86 bits per heavy atom. The number of ether oxygens (including phenoxy) is 1. The van der Waals surface area contributed by atoms with Gasteiger partial charge in [0.25, 0.3) is 0 Å². The molecule has 2 heterocycles. The average molecular weight is 299 g/mol. The van der Waals surface area contributed by atoms with E-state index in [-0.39, 0.29) is 0 Å². The monoisotopic (exact) mass is 299 g/mol. The van der Waals surface area contributed by atoms with Crippen LogP contribution in [-0.4, -0.2) is 40.4 Å². The van der Waals surface area contributed by atoms with E-state index in [9.17, 15) is 0 Å². The van der Waals surface area contributed by atoms with E-state index in [2.05, 4.69) is 46.4 Å². The van der Waals surface area contributed by atoms with Crippen molar-refractivity contribution in [1.29, 1.82) is 0 Å². The highest BCUT2D eigenvalue weighted by atomic mass is 16.5. The molecule has 6 nitrogen and oxygen atoms in total. The molecule has 2 aromatic rings.